The SMILES string of the molecule is CCOc1cc(/C=C2/NC(=O)N(C)C2=O)cc(Br)c1OCC(=O)Nc1ccc(C)cc1. The number of ether oxygens (including phenoxy) is 2. The van der Waals surface area contributed by atoms with Gasteiger partial charge in [-0.25, -0.2) is 4.79 Å². The van der Waals surface area contributed by atoms with Crippen molar-refractivity contribution < 1.29 is 23.9 Å². The molecule has 0 unspecified atom stereocenters. The Morgan fingerprint density at radius 3 is 2.52 bits per heavy atom. The molecular formula is C22H22BrN3O5. The highest BCUT2D eigenvalue weighted by atomic mass is 79.9. The summed E-state index contributed by atoms with van der Waals surface area (Å²) in [5, 5.41) is 5.28. The van der Waals surface area contributed by atoms with Crippen LogP contribution in [0.1, 0.15) is 18.1 Å². The topological polar surface area (TPSA) is 97.0 Å². The third-order valence-electron chi connectivity index (χ3n) is 4.41. The van der Waals surface area contributed by atoms with Crippen molar-refractivity contribution in [1.82, 2.24) is 10.2 Å². The summed E-state index contributed by atoms with van der Waals surface area (Å²) in [6.07, 6.45) is 1.55. The molecule has 0 spiro atoms. The number of anilines is 1. The Morgan fingerprint density at radius 1 is 1.19 bits per heavy atom. The van der Waals surface area contributed by atoms with E-state index in [1.54, 1.807) is 18.2 Å². The zero-order valence-corrected chi connectivity index (χ0v) is 18.9. The van der Waals surface area contributed by atoms with Crippen LogP contribution in [0.5, 0.6) is 11.5 Å². The summed E-state index contributed by atoms with van der Waals surface area (Å²) in [4.78, 5) is 37.0. The van der Waals surface area contributed by atoms with Crippen molar-refractivity contribution >= 4 is 45.5 Å². The molecular weight excluding hydrogens is 466 g/mol. The zero-order chi connectivity index (χ0) is 22.5. The molecule has 0 aromatic heterocycles. The maximum absolute atomic E-state index is 12.3. The molecule has 0 atom stereocenters. The van der Waals surface area contributed by atoms with E-state index in [1.165, 1.54) is 7.05 Å². The molecule has 1 fully saturated rings. The van der Waals surface area contributed by atoms with Gasteiger partial charge in [-0.3, -0.25) is 14.5 Å². The Balaban J connectivity index is 1.76. The second-order valence-corrected chi connectivity index (χ2v) is 7.67. The molecule has 31 heavy (non-hydrogen) atoms. The van der Waals surface area contributed by atoms with Crippen molar-refractivity contribution in [3.63, 3.8) is 0 Å². The molecule has 1 aliphatic heterocycles. The van der Waals surface area contributed by atoms with Crippen molar-refractivity contribution in [2.45, 2.75) is 13.8 Å². The van der Waals surface area contributed by atoms with Gasteiger partial charge in [0.2, 0.25) is 0 Å². The quantitative estimate of drug-likeness (QED) is 0.458. The molecule has 162 valence electrons. The van der Waals surface area contributed by atoms with Crippen molar-refractivity contribution in [1.29, 1.82) is 0 Å². The fraction of sp³-hybridized carbons (Fsp3) is 0.227. The molecule has 2 N–H and O–H groups in total. The number of nitrogens with one attached hydrogen (secondary N) is 2. The highest BCUT2D eigenvalue weighted by Crippen LogP contribution is 2.37. The number of benzene rings is 2. The van der Waals surface area contributed by atoms with E-state index in [-0.39, 0.29) is 18.2 Å². The van der Waals surface area contributed by atoms with Crippen molar-refractivity contribution in [2.75, 3.05) is 25.6 Å². The largest absolute Gasteiger partial charge is 0.490 e. The number of hydrogen-bond donors (Lipinski definition) is 2. The molecule has 0 aliphatic carbocycles. The Labute approximate surface area is 188 Å². The third kappa shape index (κ3) is 5.43. The highest BCUT2D eigenvalue weighted by Gasteiger charge is 2.30. The second kappa shape index (κ2) is 9.65. The number of amides is 4. The van der Waals surface area contributed by atoms with Crippen LogP contribution >= 0.6 is 15.9 Å². The molecule has 0 bridgehead atoms. The fourth-order valence-corrected chi connectivity index (χ4v) is 3.41. The molecule has 3 rings (SSSR count). The van der Waals surface area contributed by atoms with Crippen LogP contribution in [0.25, 0.3) is 6.08 Å². The molecule has 8 nitrogen and oxygen atoms in total. The predicted octanol–water partition coefficient (Wildman–Crippen LogP) is 3.70. The fourth-order valence-electron chi connectivity index (χ4n) is 2.84. The monoisotopic (exact) mass is 487 g/mol. The molecule has 0 saturated carbocycles. The van der Waals surface area contributed by atoms with Crippen LogP contribution in [0, 0.1) is 6.92 Å². The first-order valence-corrected chi connectivity index (χ1v) is 10.3. The Morgan fingerprint density at radius 2 is 1.90 bits per heavy atom. The summed E-state index contributed by atoms with van der Waals surface area (Å²) in [5.74, 6) is 0.0258. The number of carbonyl (C=O) groups excluding carboxylic acids is 3. The standard InChI is InChI=1S/C22H22BrN3O5/c1-4-30-18-11-14(10-17-21(28)26(3)22(29)25-17)9-16(23)20(18)31-12-19(27)24-15-7-5-13(2)6-8-15/h5-11H,4,12H2,1-3H3,(H,24,27)(H,25,29)/b17-10+. The molecule has 1 aliphatic rings. The van der Waals surface area contributed by atoms with Gasteiger partial charge in [-0.15, -0.1) is 0 Å². The number of likely N-dealkylation sites (N-methyl/N-ethyl adjacent to an activating group) is 1. The molecule has 4 amide bonds. The van der Waals surface area contributed by atoms with E-state index in [0.29, 0.717) is 33.8 Å². The Bertz CT molecular complexity index is 1050. The number of nitrogens with zero attached hydrogens (tertiary/aromatic N) is 1. The van der Waals surface area contributed by atoms with E-state index in [2.05, 4.69) is 26.6 Å². The molecule has 2 aromatic rings. The number of imide groups is 1. The lowest BCUT2D eigenvalue weighted by molar-refractivity contribution is -0.122. The van der Waals surface area contributed by atoms with Crippen molar-refractivity contribution in [3.05, 3.63) is 57.7 Å². The predicted molar refractivity (Wildman–Crippen MR) is 120 cm³/mol. The molecule has 0 radical (unpaired) electrons. The minimum atomic E-state index is -0.486. The van der Waals surface area contributed by atoms with Gasteiger partial charge in [0.1, 0.15) is 5.70 Å². The van der Waals surface area contributed by atoms with Crippen LogP contribution in [0.3, 0.4) is 0 Å². The molecule has 9 heteroatoms. The maximum atomic E-state index is 12.3. The minimum Gasteiger partial charge on any atom is -0.490 e. The molecule has 2 aromatic carbocycles. The Kier molecular flexibility index (Phi) is 6.96. The van der Waals surface area contributed by atoms with Crippen molar-refractivity contribution in [3.8, 4) is 11.5 Å². The van der Waals surface area contributed by atoms with E-state index in [0.717, 1.165) is 10.5 Å². The van der Waals surface area contributed by atoms with Gasteiger partial charge < -0.3 is 20.1 Å². The summed E-state index contributed by atoms with van der Waals surface area (Å²) < 4.78 is 11.9. The minimum absolute atomic E-state index is 0.160. The summed E-state index contributed by atoms with van der Waals surface area (Å²) in [6, 6.07) is 10.3. The van der Waals surface area contributed by atoms with E-state index in [4.69, 9.17) is 9.47 Å². The summed E-state index contributed by atoms with van der Waals surface area (Å²) in [7, 11) is 1.40. The van der Waals surface area contributed by atoms with Crippen LogP contribution in [-0.4, -0.2) is 43.0 Å². The number of carbonyl (C=O) groups is 3. The number of urea groups is 1. The van der Waals surface area contributed by atoms with Gasteiger partial charge >= 0.3 is 6.03 Å². The first kappa shape index (κ1) is 22.4. The molecule has 1 saturated heterocycles. The Hall–Kier alpha value is -3.33. The lowest BCUT2D eigenvalue weighted by Gasteiger charge is -2.15. The average molecular weight is 488 g/mol. The van der Waals surface area contributed by atoms with Gasteiger partial charge in [-0.2, -0.15) is 0 Å². The van der Waals surface area contributed by atoms with E-state index in [1.807, 2.05) is 38.1 Å². The van der Waals surface area contributed by atoms with Crippen LogP contribution in [0.2, 0.25) is 0 Å². The maximum Gasteiger partial charge on any atom is 0.328 e. The van der Waals surface area contributed by atoms with Gasteiger partial charge in [0.05, 0.1) is 11.1 Å². The van der Waals surface area contributed by atoms with Gasteiger partial charge in [0, 0.05) is 12.7 Å². The number of aryl methyl sites for hydroxylation is 1. The van der Waals surface area contributed by atoms with Crippen LogP contribution in [-0.2, 0) is 9.59 Å². The van der Waals surface area contributed by atoms with Crippen LogP contribution < -0.4 is 20.1 Å². The van der Waals surface area contributed by atoms with E-state index >= 15 is 0 Å². The van der Waals surface area contributed by atoms with Gasteiger partial charge in [0.25, 0.3) is 11.8 Å². The lowest BCUT2D eigenvalue weighted by atomic mass is 10.1. The number of hydrogen-bond acceptors (Lipinski definition) is 5. The van der Waals surface area contributed by atoms with Gasteiger partial charge in [-0.05, 0) is 65.7 Å². The van der Waals surface area contributed by atoms with Crippen LogP contribution in [0.15, 0.2) is 46.6 Å². The van der Waals surface area contributed by atoms with Crippen molar-refractivity contribution in [2.24, 2.45) is 0 Å². The normalized spacial score (nSPS) is 14.6. The van der Waals surface area contributed by atoms with Gasteiger partial charge in [-0.1, -0.05) is 17.7 Å². The number of halogens is 1. The van der Waals surface area contributed by atoms with E-state index < -0.39 is 11.9 Å². The summed E-state index contributed by atoms with van der Waals surface area (Å²) in [5.41, 5.74) is 2.55. The zero-order valence-electron chi connectivity index (χ0n) is 17.3. The van der Waals surface area contributed by atoms with Crippen LogP contribution in [0.4, 0.5) is 10.5 Å². The summed E-state index contributed by atoms with van der Waals surface area (Å²) in [6.45, 7) is 3.95. The van der Waals surface area contributed by atoms with Gasteiger partial charge in [0.15, 0.2) is 18.1 Å². The smallest absolute Gasteiger partial charge is 0.328 e. The highest BCUT2D eigenvalue weighted by molar-refractivity contribution is 9.10. The first-order chi connectivity index (χ1) is 14.8. The summed E-state index contributed by atoms with van der Waals surface area (Å²) >= 11 is 3.43. The lowest BCUT2D eigenvalue weighted by Crippen LogP contribution is -2.25. The second-order valence-electron chi connectivity index (χ2n) is 6.82. The third-order valence-corrected chi connectivity index (χ3v) is 5.00. The average Bonchev–Trinajstić information content (AvgIpc) is 2.96. The van der Waals surface area contributed by atoms with E-state index in [9.17, 15) is 14.4 Å². The number of rotatable bonds is 7. The first-order valence-electron chi connectivity index (χ1n) is 9.55. The molecule has 1 heterocycles.